The number of rotatable bonds is 4. The molecule has 0 atom stereocenters. The van der Waals surface area contributed by atoms with Crippen molar-refractivity contribution in [1.82, 2.24) is 4.98 Å². The van der Waals surface area contributed by atoms with Crippen molar-refractivity contribution in [2.45, 2.75) is 0 Å². The molecule has 0 aliphatic heterocycles. The van der Waals surface area contributed by atoms with Crippen LogP contribution in [0.5, 0.6) is 5.88 Å². The Labute approximate surface area is 81.4 Å². The molecule has 0 aliphatic carbocycles. The number of ether oxygens (including phenoxy) is 1. The third-order valence-electron chi connectivity index (χ3n) is 1.36. The average Bonchev–Trinajstić information content (AvgIpc) is 2.15. The fourth-order valence-electron chi connectivity index (χ4n) is 0.762. The lowest BCUT2D eigenvalue weighted by atomic mass is 10.3. The Kier molecular flexibility index (Phi) is 3.60. The van der Waals surface area contributed by atoms with Gasteiger partial charge in [-0.1, -0.05) is 12.2 Å². The van der Waals surface area contributed by atoms with Gasteiger partial charge in [-0.3, -0.25) is 0 Å². The number of pyridine rings is 1. The van der Waals surface area contributed by atoms with E-state index < -0.39 is 0 Å². The van der Waals surface area contributed by atoms with Gasteiger partial charge in [-0.05, 0) is 6.07 Å². The van der Waals surface area contributed by atoms with Gasteiger partial charge in [0.2, 0.25) is 5.88 Å². The monoisotopic (exact) mass is 198 g/mol. The molecule has 0 fully saturated rings. The van der Waals surface area contributed by atoms with Crippen molar-refractivity contribution in [3.63, 3.8) is 0 Å². The Morgan fingerprint density at radius 2 is 2.38 bits per heavy atom. The van der Waals surface area contributed by atoms with Gasteiger partial charge in [0.25, 0.3) is 0 Å². The molecule has 4 nitrogen and oxygen atoms in total. The van der Waals surface area contributed by atoms with E-state index in [0.29, 0.717) is 16.4 Å². The molecule has 0 amide bonds. The zero-order valence-corrected chi connectivity index (χ0v) is 7.75. The van der Waals surface area contributed by atoms with Crippen LogP contribution in [-0.2, 0) is 0 Å². The lowest BCUT2D eigenvalue weighted by Gasteiger charge is -2.03. The van der Waals surface area contributed by atoms with E-state index in [0.717, 1.165) is 0 Å². The number of aliphatic hydroxyl groups excluding tert-OH is 1. The Bertz CT molecular complexity index is 287. The number of aliphatic hydroxyl groups is 1. The predicted molar refractivity (Wildman–Crippen MR) is 52.7 cm³/mol. The molecule has 0 saturated heterocycles. The quantitative estimate of drug-likeness (QED) is 0.671. The fourth-order valence-corrected chi connectivity index (χ4v) is 0.882. The second-order valence-electron chi connectivity index (χ2n) is 2.32. The first-order chi connectivity index (χ1) is 6.24. The number of thiocarbonyl (C=S) groups is 1. The highest BCUT2D eigenvalue weighted by molar-refractivity contribution is 7.80. The van der Waals surface area contributed by atoms with Crippen LogP contribution in [0, 0.1) is 0 Å². The molecule has 0 radical (unpaired) electrons. The Morgan fingerprint density at radius 1 is 1.62 bits per heavy atom. The van der Waals surface area contributed by atoms with E-state index >= 15 is 0 Å². The van der Waals surface area contributed by atoms with Crippen LogP contribution in [0.15, 0.2) is 18.3 Å². The van der Waals surface area contributed by atoms with Crippen LogP contribution < -0.4 is 10.5 Å². The van der Waals surface area contributed by atoms with Crippen LogP contribution in [-0.4, -0.2) is 28.3 Å². The molecule has 0 bridgehead atoms. The van der Waals surface area contributed by atoms with Gasteiger partial charge in [-0.25, -0.2) is 4.98 Å². The maximum atomic E-state index is 8.48. The Morgan fingerprint density at radius 3 is 2.85 bits per heavy atom. The first-order valence-corrected chi connectivity index (χ1v) is 4.14. The van der Waals surface area contributed by atoms with E-state index in [1.807, 2.05) is 0 Å². The molecule has 1 aromatic rings. The van der Waals surface area contributed by atoms with Gasteiger partial charge in [0.05, 0.1) is 6.61 Å². The van der Waals surface area contributed by atoms with E-state index in [1.165, 1.54) is 6.20 Å². The van der Waals surface area contributed by atoms with Crippen molar-refractivity contribution in [2.75, 3.05) is 13.2 Å². The summed E-state index contributed by atoms with van der Waals surface area (Å²) in [4.78, 5) is 4.24. The molecular weight excluding hydrogens is 188 g/mol. The van der Waals surface area contributed by atoms with E-state index in [9.17, 15) is 0 Å². The Balaban J connectivity index is 2.64. The van der Waals surface area contributed by atoms with Crippen LogP contribution in [0.25, 0.3) is 0 Å². The van der Waals surface area contributed by atoms with Crippen molar-refractivity contribution in [2.24, 2.45) is 5.73 Å². The summed E-state index contributed by atoms with van der Waals surface area (Å²) in [5.41, 5.74) is 6.07. The van der Waals surface area contributed by atoms with Crippen molar-refractivity contribution >= 4 is 17.2 Å². The van der Waals surface area contributed by atoms with Crippen molar-refractivity contribution in [3.05, 3.63) is 23.9 Å². The van der Waals surface area contributed by atoms with Crippen LogP contribution in [0.3, 0.4) is 0 Å². The molecule has 0 unspecified atom stereocenters. The van der Waals surface area contributed by atoms with Gasteiger partial charge < -0.3 is 15.6 Å². The summed E-state index contributed by atoms with van der Waals surface area (Å²) in [7, 11) is 0. The van der Waals surface area contributed by atoms with Gasteiger partial charge in [0.15, 0.2) is 0 Å². The second-order valence-corrected chi connectivity index (χ2v) is 2.76. The second kappa shape index (κ2) is 4.74. The number of nitrogens with zero attached hydrogens (tertiary/aromatic N) is 1. The summed E-state index contributed by atoms with van der Waals surface area (Å²) in [6, 6.07) is 3.38. The number of hydrogen-bond donors (Lipinski definition) is 2. The normalized spacial score (nSPS) is 9.62. The summed E-state index contributed by atoms with van der Waals surface area (Å²) in [5, 5.41) is 8.48. The minimum absolute atomic E-state index is 0.0290. The molecule has 0 spiro atoms. The molecular formula is C8H10N2O2S. The molecule has 70 valence electrons. The SMILES string of the molecule is NC(=S)c1ccc(OCCO)nc1. The maximum absolute atomic E-state index is 8.48. The van der Waals surface area contributed by atoms with E-state index in [2.05, 4.69) is 4.98 Å². The highest BCUT2D eigenvalue weighted by atomic mass is 32.1. The number of aromatic nitrogens is 1. The standard InChI is InChI=1S/C8H10N2O2S/c9-8(13)6-1-2-7(10-5-6)12-4-3-11/h1-2,5,11H,3-4H2,(H2,9,13). The molecule has 0 aromatic carbocycles. The topological polar surface area (TPSA) is 68.4 Å². The molecule has 0 saturated carbocycles. The lowest BCUT2D eigenvalue weighted by Crippen LogP contribution is -2.10. The van der Waals surface area contributed by atoms with Gasteiger partial charge in [0, 0.05) is 17.8 Å². The first kappa shape index (κ1) is 9.88. The molecule has 0 aliphatic rings. The first-order valence-electron chi connectivity index (χ1n) is 3.73. The van der Waals surface area contributed by atoms with Crippen LogP contribution in [0.2, 0.25) is 0 Å². The molecule has 3 N–H and O–H groups in total. The van der Waals surface area contributed by atoms with E-state index in [1.54, 1.807) is 12.1 Å². The third-order valence-corrected chi connectivity index (χ3v) is 1.60. The van der Waals surface area contributed by atoms with Crippen LogP contribution >= 0.6 is 12.2 Å². The summed E-state index contributed by atoms with van der Waals surface area (Å²) in [5.74, 6) is 0.453. The lowest BCUT2D eigenvalue weighted by molar-refractivity contribution is 0.196. The highest BCUT2D eigenvalue weighted by Crippen LogP contribution is 2.06. The molecule has 1 aromatic heterocycles. The molecule has 1 rings (SSSR count). The zero-order chi connectivity index (χ0) is 9.68. The summed E-state index contributed by atoms with van der Waals surface area (Å²) in [6.45, 7) is 0.206. The predicted octanol–water partition coefficient (Wildman–Crippen LogP) is 0.0869. The maximum Gasteiger partial charge on any atom is 0.213 e. The number of hydrogen-bond acceptors (Lipinski definition) is 4. The summed E-state index contributed by atoms with van der Waals surface area (Å²) >= 11 is 4.75. The van der Waals surface area contributed by atoms with Crippen LogP contribution in [0.1, 0.15) is 5.56 Å². The van der Waals surface area contributed by atoms with Gasteiger partial charge in [0.1, 0.15) is 11.6 Å². The summed E-state index contributed by atoms with van der Waals surface area (Å²) in [6.07, 6.45) is 1.54. The molecule has 5 heteroatoms. The van der Waals surface area contributed by atoms with Crippen molar-refractivity contribution in [3.8, 4) is 5.88 Å². The minimum Gasteiger partial charge on any atom is -0.475 e. The zero-order valence-electron chi connectivity index (χ0n) is 6.93. The van der Waals surface area contributed by atoms with Gasteiger partial charge in [-0.15, -0.1) is 0 Å². The highest BCUT2D eigenvalue weighted by Gasteiger charge is 1.97. The van der Waals surface area contributed by atoms with Crippen molar-refractivity contribution in [1.29, 1.82) is 0 Å². The van der Waals surface area contributed by atoms with E-state index in [-0.39, 0.29) is 13.2 Å². The largest absolute Gasteiger partial charge is 0.475 e. The Hall–Kier alpha value is -1.20. The fraction of sp³-hybridized carbons (Fsp3) is 0.250. The van der Waals surface area contributed by atoms with Crippen molar-refractivity contribution < 1.29 is 9.84 Å². The van der Waals surface area contributed by atoms with Gasteiger partial charge in [-0.2, -0.15) is 0 Å². The smallest absolute Gasteiger partial charge is 0.213 e. The molecule has 1 heterocycles. The minimum atomic E-state index is -0.0290. The summed E-state index contributed by atoms with van der Waals surface area (Å²) < 4.78 is 5.04. The number of nitrogens with two attached hydrogens (primary N) is 1. The van der Waals surface area contributed by atoms with Crippen LogP contribution in [0.4, 0.5) is 0 Å². The molecule has 13 heavy (non-hydrogen) atoms. The van der Waals surface area contributed by atoms with Gasteiger partial charge >= 0.3 is 0 Å². The average molecular weight is 198 g/mol. The third kappa shape index (κ3) is 2.96. The van der Waals surface area contributed by atoms with E-state index in [4.69, 9.17) is 27.8 Å².